The number of carbonyl (C=O) groups is 1. The summed E-state index contributed by atoms with van der Waals surface area (Å²) in [6.07, 6.45) is 3.07. The van der Waals surface area contributed by atoms with Crippen molar-refractivity contribution in [3.63, 3.8) is 0 Å². The maximum Gasteiger partial charge on any atom is 0.259 e. The predicted molar refractivity (Wildman–Crippen MR) is 109 cm³/mol. The number of fused-ring (bicyclic) bond motifs is 1. The molecule has 1 amide bonds. The fourth-order valence-electron chi connectivity index (χ4n) is 3.55. The third kappa shape index (κ3) is 3.60. The van der Waals surface area contributed by atoms with Crippen LogP contribution in [0.25, 0.3) is 0 Å². The molecule has 0 radical (unpaired) electrons. The van der Waals surface area contributed by atoms with Gasteiger partial charge in [-0.2, -0.15) is 0 Å². The molecule has 1 atom stereocenters. The molecule has 4 rings (SSSR count). The van der Waals surface area contributed by atoms with Crippen molar-refractivity contribution in [3.05, 3.63) is 76.3 Å². The minimum atomic E-state index is -0.0698. The van der Waals surface area contributed by atoms with E-state index in [4.69, 9.17) is 9.72 Å². The van der Waals surface area contributed by atoms with Crippen molar-refractivity contribution in [3.8, 4) is 5.75 Å². The number of nitrogens with zero attached hydrogens (tertiary/aromatic N) is 2. The molecule has 0 N–H and O–H groups in total. The Hall–Kier alpha value is -2.66. The summed E-state index contributed by atoms with van der Waals surface area (Å²) < 4.78 is 5.23. The molecular weight excluding hydrogens is 356 g/mol. The fourth-order valence-corrected chi connectivity index (χ4v) is 4.70. The molecule has 1 unspecified atom stereocenters. The molecule has 4 nitrogen and oxygen atoms in total. The average molecular weight is 378 g/mol. The van der Waals surface area contributed by atoms with Crippen molar-refractivity contribution in [2.45, 2.75) is 25.2 Å². The number of carbonyl (C=O) groups excluding carboxylic acids is 1. The largest absolute Gasteiger partial charge is 0.497 e. The lowest BCUT2D eigenvalue weighted by Gasteiger charge is -2.21. The van der Waals surface area contributed by atoms with Crippen LogP contribution in [0.2, 0.25) is 0 Å². The third-order valence-electron chi connectivity index (χ3n) is 5.11. The number of hydrogen-bond acceptors (Lipinski definition) is 4. The second-order valence-corrected chi connectivity index (χ2v) is 7.87. The number of aromatic nitrogens is 1. The lowest BCUT2D eigenvalue weighted by atomic mass is 9.85. The third-order valence-corrected chi connectivity index (χ3v) is 6.30. The standard InChI is InChI=1S/C22H22N2O2S/c1-24(21(25)17-9-6-10-18(13-17)26-2)22-23-19-12-11-16(14-20(19)27-22)15-7-4-3-5-8-15/h3-10,13,16H,11-12,14H2,1-2H3. The summed E-state index contributed by atoms with van der Waals surface area (Å²) in [5, 5.41) is 0.765. The SMILES string of the molecule is COc1cccc(C(=O)N(C)c2nc3c(s2)CC(c2ccccc2)CC3)c1. The summed E-state index contributed by atoms with van der Waals surface area (Å²) >= 11 is 1.64. The van der Waals surface area contributed by atoms with Crippen LogP contribution in [0.1, 0.15) is 38.8 Å². The number of anilines is 1. The van der Waals surface area contributed by atoms with Crippen LogP contribution in [0.3, 0.4) is 0 Å². The summed E-state index contributed by atoms with van der Waals surface area (Å²) in [4.78, 5) is 20.6. The second-order valence-electron chi connectivity index (χ2n) is 6.81. The first-order valence-corrected chi connectivity index (χ1v) is 9.93. The smallest absolute Gasteiger partial charge is 0.259 e. The zero-order valence-corrected chi connectivity index (χ0v) is 16.3. The zero-order valence-electron chi connectivity index (χ0n) is 15.5. The maximum atomic E-state index is 12.8. The number of hydrogen-bond donors (Lipinski definition) is 0. The van der Waals surface area contributed by atoms with Crippen LogP contribution >= 0.6 is 11.3 Å². The molecule has 0 bridgehead atoms. The minimum absolute atomic E-state index is 0.0698. The van der Waals surface area contributed by atoms with Gasteiger partial charge in [-0.3, -0.25) is 9.69 Å². The van der Waals surface area contributed by atoms with Crippen LogP contribution in [0, 0.1) is 0 Å². The number of aryl methyl sites for hydroxylation is 1. The number of rotatable bonds is 4. The molecule has 1 aromatic heterocycles. The zero-order chi connectivity index (χ0) is 18.8. The number of methoxy groups -OCH3 is 1. The normalized spacial score (nSPS) is 15.9. The fraction of sp³-hybridized carbons (Fsp3) is 0.273. The average Bonchev–Trinajstić information content (AvgIpc) is 3.16. The second kappa shape index (κ2) is 7.53. The van der Waals surface area contributed by atoms with Gasteiger partial charge in [0.15, 0.2) is 5.13 Å². The molecule has 27 heavy (non-hydrogen) atoms. The van der Waals surface area contributed by atoms with E-state index < -0.39 is 0 Å². The van der Waals surface area contributed by atoms with Crippen LogP contribution in [-0.2, 0) is 12.8 Å². The molecule has 2 aromatic carbocycles. The highest BCUT2D eigenvalue weighted by Crippen LogP contribution is 2.38. The van der Waals surface area contributed by atoms with Crippen LogP contribution in [0.4, 0.5) is 5.13 Å². The van der Waals surface area contributed by atoms with E-state index in [1.54, 1.807) is 42.5 Å². The quantitative estimate of drug-likeness (QED) is 0.661. The van der Waals surface area contributed by atoms with Crippen molar-refractivity contribution in [1.29, 1.82) is 0 Å². The van der Waals surface area contributed by atoms with E-state index in [-0.39, 0.29) is 5.91 Å². The van der Waals surface area contributed by atoms with Gasteiger partial charge >= 0.3 is 0 Å². The molecule has 5 heteroatoms. The van der Waals surface area contributed by atoms with E-state index >= 15 is 0 Å². The lowest BCUT2D eigenvalue weighted by molar-refractivity contribution is 0.0992. The number of ether oxygens (including phenoxy) is 1. The van der Waals surface area contributed by atoms with Crippen molar-refractivity contribution in [1.82, 2.24) is 4.98 Å². The molecule has 3 aromatic rings. The Kier molecular flexibility index (Phi) is 4.94. The summed E-state index contributed by atoms with van der Waals surface area (Å²) in [7, 11) is 3.39. The monoisotopic (exact) mass is 378 g/mol. The van der Waals surface area contributed by atoms with Crippen molar-refractivity contribution in [2.75, 3.05) is 19.1 Å². The molecule has 138 valence electrons. The first kappa shape index (κ1) is 17.7. The molecule has 1 aliphatic carbocycles. The first-order valence-electron chi connectivity index (χ1n) is 9.11. The van der Waals surface area contributed by atoms with Gasteiger partial charge in [-0.15, -0.1) is 11.3 Å². The Morgan fingerprint density at radius 3 is 2.78 bits per heavy atom. The minimum Gasteiger partial charge on any atom is -0.497 e. The molecule has 0 fully saturated rings. The van der Waals surface area contributed by atoms with Gasteiger partial charge in [0.2, 0.25) is 0 Å². The van der Waals surface area contributed by atoms with E-state index in [0.717, 1.165) is 30.1 Å². The number of thiazole rings is 1. The van der Waals surface area contributed by atoms with Crippen LogP contribution in [0.15, 0.2) is 54.6 Å². The van der Waals surface area contributed by atoms with Gasteiger partial charge in [0.05, 0.1) is 12.8 Å². The summed E-state index contributed by atoms with van der Waals surface area (Å²) in [5.41, 5.74) is 3.14. The van der Waals surface area contributed by atoms with Gasteiger partial charge in [0.25, 0.3) is 5.91 Å². The summed E-state index contributed by atoms with van der Waals surface area (Å²) in [6.45, 7) is 0. The lowest BCUT2D eigenvalue weighted by Crippen LogP contribution is -2.26. The van der Waals surface area contributed by atoms with E-state index in [0.29, 0.717) is 17.2 Å². The molecule has 1 aliphatic rings. The Balaban J connectivity index is 1.54. The topological polar surface area (TPSA) is 42.4 Å². The highest BCUT2D eigenvalue weighted by Gasteiger charge is 2.26. The van der Waals surface area contributed by atoms with Gasteiger partial charge in [0.1, 0.15) is 5.75 Å². The Morgan fingerprint density at radius 2 is 2.00 bits per heavy atom. The highest BCUT2D eigenvalue weighted by atomic mass is 32.1. The Bertz CT molecular complexity index is 952. The Labute approximate surface area is 163 Å². The van der Waals surface area contributed by atoms with Gasteiger partial charge < -0.3 is 4.74 Å². The molecule has 1 heterocycles. The van der Waals surface area contributed by atoms with Gasteiger partial charge in [-0.25, -0.2) is 4.98 Å². The van der Waals surface area contributed by atoms with Crippen molar-refractivity contribution >= 4 is 22.4 Å². The molecule has 0 spiro atoms. The van der Waals surface area contributed by atoms with Gasteiger partial charge in [0, 0.05) is 17.5 Å². The van der Waals surface area contributed by atoms with E-state index in [2.05, 4.69) is 30.3 Å². The van der Waals surface area contributed by atoms with Gasteiger partial charge in [-0.1, -0.05) is 36.4 Å². The van der Waals surface area contributed by atoms with E-state index in [1.165, 1.54) is 10.4 Å². The van der Waals surface area contributed by atoms with Crippen LogP contribution in [-0.4, -0.2) is 25.0 Å². The van der Waals surface area contributed by atoms with E-state index in [9.17, 15) is 4.79 Å². The van der Waals surface area contributed by atoms with Crippen molar-refractivity contribution < 1.29 is 9.53 Å². The van der Waals surface area contributed by atoms with Crippen molar-refractivity contribution in [2.24, 2.45) is 0 Å². The van der Waals surface area contributed by atoms with Crippen LogP contribution in [0.5, 0.6) is 5.75 Å². The van der Waals surface area contributed by atoms with Gasteiger partial charge in [-0.05, 0) is 48.9 Å². The highest BCUT2D eigenvalue weighted by molar-refractivity contribution is 7.16. The summed E-state index contributed by atoms with van der Waals surface area (Å²) in [6, 6.07) is 17.9. The van der Waals surface area contributed by atoms with Crippen LogP contribution < -0.4 is 9.64 Å². The first-order chi connectivity index (χ1) is 13.2. The number of amides is 1. The maximum absolute atomic E-state index is 12.8. The predicted octanol–water partition coefficient (Wildman–Crippen LogP) is 4.70. The molecule has 0 aliphatic heterocycles. The van der Waals surface area contributed by atoms with E-state index in [1.807, 2.05) is 12.1 Å². The molecular formula is C22H22N2O2S. The Morgan fingerprint density at radius 1 is 1.19 bits per heavy atom. The number of benzene rings is 2. The molecule has 0 saturated carbocycles. The molecule has 0 saturated heterocycles. The summed E-state index contributed by atoms with van der Waals surface area (Å²) in [5.74, 6) is 1.14.